The molecule has 3 N–H and O–H groups in total. The molecule has 5 rings (SSSR count). The molecule has 9 nitrogen and oxygen atoms in total. The molecule has 1 amide bonds. The highest BCUT2D eigenvalue weighted by Crippen LogP contribution is 2.29. The summed E-state index contributed by atoms with van der Waals surface area (Å²) in [7, 11) is 2.16. The first-order valence-electron chi connectivity index (χ1n) is 12.0. The van der Waals surface area contributed by atoms with Crippen LogP contribution < -0.4 is 10.6 Å². The Bertz CT molecular complexity index is 1350. The molecule has 4 aromatic heterocycles. The Morgan fingerprint density at radius 1 is 1.29 bits per heavy atom. The fourth-order valence-corrected chi connectivity index (χ4v) is 4.44. The Hall–Kier alpha value is -3.53. The maximum atomic E-state index is 13.8. The van der Waals surface area contributed by atoms with Crippen molar-refractivity contribution in [2.24, 2.45) is 5.92 Å². The van der Waals surface area contributed by atoms with E-state index in [1.807, 2.05) is 24.5 Å². The number of anilines is 1. The van der Waals surface area contributed by atoms with Gasteiger partial charge in [-0.15, -0.1) is 0 Å². The summed E-state index contributed by atoms with van der Waals surface area (Å²) in [5.41, 5.74) is 2.13. The highest BCUT2D eigenvalue weighted by Gasteiger charge is 2.20. The highest BCUT2D eigenvalue weighted by molar-refractivity contribution is 6.02. The number of carbonyl (C=O) groups excluding carboxylic acids is 1. The van der Waals surface area contributed by atoms with Gasteiger partial charge in [0.05, 0.1) is 23.8 Å². The molecule has 184 valence electrons. The number of H-pyrrole nitrogens is 1. The topological polar surface area (TPSA) is 103 Å². The van der Waals surface area contributed by atoms with Crippen molar-refractivity contribution in [1.29, 1.82) is 0 Å². The van der Waals surface area contributed by atoms with Gasteiger partial charge in [0.25, 0.3) is 5.91 Å². The lowest BCUT2D eigenvalue weighted by atomic mass is 9.97. The van der Waals surface area contributed by atoms with Crippen LogP contribution in [0, 0.1) is 5.92 Å². The summed E-state index contributed by atoms with van der Waals surface area (Å²) < 4.78 is 15.5. The van der Waals surface area contributed by atoms with E-state index in [1.165, 1.54) is 32.9 Å². The lowest BCUT2D eigenvalue weighted by Gasteiger charge is -2.28. The number of aromatic amines is 1. The van der Waals surface area contributed by atoms with Crippen molar-refractivity contribution in [3.05, 3.63) is 42.5 Å². The van der Waals surface area contributed by atoms with E-state index in [9.17, 15) is 9.18 Å². The van der Waals surface area contributed by atoms with Crippen LogP contribution in [0.15, 0.2) is 36.9 Å². The summed E-state index contributed by atoms with van der Waals surface area (Å²) in [4.78, 5) is 27.4. The molecule has 1 aliphatic rings. The molecule has 0 atom stereocenters. The molecule has 0 spiro atoms. The number of nitrogens with zero attached hydrogens (tertiary/aromatic N) is 5. The van der Waals surface area contributed by atoms with Gasteiger partial charge in [-0.05, 0) is 70.4 Å². The Kier molecular flexibility index (Phi) is 6.14. The summed E-state index contributed by atoms with van der Waals surface area (Å²) >= 11 is 0. The number of piperidine rings is 1. The Balaban J connectivity index is 1.35. The number of alkyl halides is 1. The summed E-state index contributed by atoms with van der Waals surface area (Å²) in [6.45, 7) is 5.91. The molecule has 35 heavy (non-hydrogen) atoms. The number of pyridine rings is 1. The van der Waals surface area contributed by atoms with Gasteiger partial charge in [0.15, 0.2) is 0 Å². The molecule has 1 aliphatic heterocycles. The lowest BCUT2D eigenvalue weighted by molar-refractivity contribution is 0.0922. The van der Waals surface area contributed by atoms with E-state index in [1.54, 1.807) is 10.7 Å². The average Bonchev–Trinajstić information content (AvgIpc) is 3.45. The summed E-state index contributed by atoms with van der Waals surface area (Å²) in [5.74, 6) is 0.894. The monoisotopic (exact) mass is 478 g/mol. The fraction of sp³-hybridized carbons (Fsp3) is 0.440. The predicted octanol–water partition coefficient (Wildman–Crippen LogP) is 3.50. The number of halogens is 1. The minimum atomic E-state index is -1.49. The minimum absolute atomic E-state index is 0.0726. The number of carbonyl (C=O) groups is 1. The van der Waals surface area contributed by atoms with E-state index < -0.39 is 5.67 Å². The first-order valence-corrected chi connectivity index (χ1v) is 12.0. The second-order valence-electron chi connectivity index (χ2n) is 9.99. The molecule has 0 unspecified atom stereocenters. The van der Waals surface area contributed by atoms with E-state index >= 15 is 0 Å². The van der Waals surface area contributed by atoms with Gasteiger partial charge in [-0.25, -0.2) is 13.9 Å². The molecule has 0 aliphatic carbocycles. The van der Waals surface area contributed by atoms with E-state index in [0.717, 1.165) is 41.8 Å². The lowest BCUT2D eigenvalue weighted by Crippen LogP contribution is -2.35. The predicted molar refractivity (Wildman–Crippen MR) is 134 cm³/mol. The van der Waals surface area contributed by atoms with Crippen LogP contribution in [0.3, 0.4) is 0 Å². The van der Waals surface area contributed by atoms with E-state index in [4.69, 9.17) is 0 Å². The van der Waals surface area contributed by atoms with Gasteiger partial charge in [0.1, 0.15) is 11.3 Å². The Morgan fingerprint density at radius 2 is 2.09 bits per heavy atom. The van der Waals surface area contributed by atoms with Gasteiger partial charge >= 0.3 is 0 Å². The molecule has 4 aromatic rings. The minimum Gasteiger partial charge on any atom is -0.354 e. The van der Waals surface area contributed by atoms with Crippen molar-refractivity contribution in [1.82, 2.24) is 34.8 Å². The average molecular weight is 479 g/mol. The van der Waals surface area contributed by atoms with Crippen molar-refractivity contribution >= 4 is 28.4 Å². The standard InChI is InChI=1S/C25H31FN8O/c1-25(2,26)15-30-23(35)20-14-31-34-9-6-17(10-21(20)34)18-12-27-22-19(18)13-29-24(32-22)28-11-16-4-7-33(3)8-5-16/h6,9-10,12-14,16H,4-5,7-8,11,15H2,1-3H3,(H,30,35)(H2,27,28,29,32). The largest absolute Gasteiger partial charge is 0.354 e. The van der Waals surface area contributed by atoms with Crippen LogP contribution in [0.25, 0.3) is 27.7 Å². The zero-order valence-electron chi connectivity index (χ0n) is 20.3. The zero-order chi connectivity index (χ0) is 24.6. The molecule has 1 fully saturated rings. The number of fused-ring (bicyclic) bond motifs is 2. The van der Waals surface area contributed by atoms with E-state index in [2.05, 4.69) is 42.6 Å². The van der Waals surface area contributed by atoms with Crippen LogP contribution in [0.2, 0.25) is 0 Å². The van der Waals surface area contributed by atoms with Crippen molar-refractivity contribution in [3.8, 4) is 11.1 Å². The highest BCUT2D eigenvalue weighted by atomic mass is 19.1. The quantitative estimate of drug-likeness (QED) is 0.376. The molecule has 0 radical (unpaired) electrons. The van der Waals surface area contributed by atoms with Gasteiger partial charge in [-0.1, -0.05) is 0 Å². The molecule has 0 bridgehead atoms. The summed E-state index contributed by atoms with van der Waals surface area (Å²) in [6, 6.07) is 3.83. The second kappa shape index (κ2) is 9.26. The van der Waals surface area contributed by atoms with Gasteiger partial charge < -0.3 is 20.5 Å². The molecular weight excluding hydrogens is 447 g/mol. The van der Waals surface area contributed by atoms with Gasteiger partial charge in [-0.3, -0.25) is 4.79 Å². The number of nitrogens with one attached hydrogen (secondary N) is 3. The molecule has 1 saturated heterocycles. The molecular formula is C25H31FN8O. The van der Waals surface area contributed by atoms with Crippen molar-refractivity contribution in [3.63, 3.8) is 0 Å². The molecule has 5 heterocycles. The smallest absolute Gasteiger partial charge is 0.255 e. The van der Waals surface area contributed by atoms with Crippen molar-refractivity contribution < 1.29 is 9.18 Å². The number of hydrogen-bond acceptors (Lipinski definition) is 6. The van der Waals surface area contributed by atoms with Gasteiger partial charge in [0, 0.05) is 36.1 Å². The molecule has 0 saturated carbocycles. The summed E-state index contributed by atoms with van der Waals surface area (Å²) in [6.07, 6.45) is 9.39. The normalized spacial score (nSPS) is 15.7. The molecule has 0 aromatic carbocycles. The summed E-state index contributed by atoms with van der Waals surface area (Å²) in [5, 5.41) is 11.2. The number of aromatic nitrogens is 5. The zero-order valence-corrected chi connectivity index (χ0v) is 20.3. The maximum absolute atomic E-state index is 13.8. The number of rotatable bonds is 7. The Labute approximate surface area is 203 Å². The number of hydrogen-bond donors (Lipinski definition) is 3. The third kappa shape index (κ3) is 5.12. The third-order valence-electron chi connectivity index (χ3n) is 6.57. The van der Waals surface area contributed by atoms with Crippen molar-refractivity contribution in [2.75, 3.05) is 38.5 Å². The SMILES string of the molecule is CN1CCC(CNc2ncc3c(-c4ccn5ncc(C(=O)NCC(C)(C)F)c5c4)c[nH]c3n2)CC1. The van der Waals surface area contributed by atoms with Crippen LogP contribution >= 0.6 is 0 Å². The Morgan fingerprint density at radius 3 is 2.86 bits per heavy atom. The maximum Gasteiger partial charge on any atom is 0.255 e. The van der Waals surface area contributed by atoms with Crippen LogP contribution in [-0.2, 0) is 0 Å². The van der Waals surface area contributed by atoms with E-state index in [-0.39, 0.29) is 12.5 Å². The van der Waals surface area contributed by atoms with Crippen molar-refractivity contribution in [2.45, 2.75) is 32.4 Å². The fourth-order valence-electron chi connectivity index (χ4n) is 4.44. The number of likely N-dealkylation sites (tertiary alicyclic amines) is 1. The van der Waals surface area contributed by atoms with Crippen LogP contribution in [0.1, 0.15) is 37.0 Å². The van der Waals surface area contributed by atoms with Crippen LogP contribution in [0.4, 0.5) is 10.3 Å². The van der Waals surface area contributed by atoms with Gasteiger partial charge in [0.2, 0.25) is 5.95 Å². The molecule has 10 heteroatoms. The second-order valence-corrected chi connectivity index (χ2v) is 9.99. The van der Waals surface area contributed by atoms with Crippen LogP contribution in [-0.4, -0.2) is 74.3 Å². The first kappa shape index (κ1) is 23.2. The third-order valence-corrected chi connectivity index (χ3v) is 6.57. The first-order chi connectivity index (χ1) is 16.8. The number of amides is 1. The van der Waals surface area contributed by atoms with Gasteiger partial charge in [-0.2, -0.15) is 10.1 Å². The van der Waals surface area contributed by atoms with E-state index in [0.29, 0.717) is 22.9 Å². The van der Waals surface area contributed by atoms with Crippen LogP contribution in [0.5, 0.6) is 0 Å².